The Morgan fingerprint density at radius 3 is 2.65 bits per heavy atom. The van der Waals surface area contributed by atoms with E-state index in [-0.39, 0.29) is 18.0 Å². The highest BCUT2D eigenvalue weighted by molar-refractivity contribution is 5.37. The lowest BCUT2D eigenvalue weighted by atomic mass is 9.89. The first-order valence-corrected chi connectivity index (χ1v) is 7.80. The van der Waals surface area contributed by atoms with Crippen LogP contribution in [0.1, 0.15) is 58.1 Å². The molecular formula is C17H26FNO. The van der Waals surface area contributed by atoms with Gasteiger partial charge in [-0.25, -0.2) is 4.39 Å². The van der Waals surface area contributed by atoms with E-state index in [1.54, 1.807) is 6.07 Å². The number of halogens is 1. The maximum atomic E-state index is 14.1. The molecule has 1 aliphatic carbocycles. The van der Waals surface area contributed by atoms with Crippen LogP contribution in [0.3, 0.4) is 0 Å². The van der Waals surface area contributed by atoms with Crippen LogP contribution < -0.4 is 10.1 Å². The molecule has 0 amide bonds. The van der Waals surface area contributed by atoms with E-state index in [2.05, 4.69) is 19.2 Å². The van der Waals surface area contributed by atoms with E-state index < -0.39 is 0 Å². The Balaban J connectivity index is 2.13. The molecule has 1 atom stereocenters. The molecule has 1 aromatic carbocycles. The molecule has 1 aromatic rings. The first kappa shape index (κ1) is 15.3. The third-order valence-corrected chi connectivity index (χ3v) is 4.22. The Kier molecular flexibility index (Phi) is 5.41. The fourth-order valence-corrected chi connectivity index (χ4v) is 2.92. The zero-order chi connectivity index (χ0) is 14.5. The lowest BCUT2D eigenvalue weighted by Crippen LogP contribution is -2.25. The van der Waals surface area contributed by atoms with Gasteiger partial charge in [-0.05, 0) is 51.1 Å². The smallest absolute Gasteiger partial charge is 0.165 e. The SMILES string of the molecule is CCNC(C)c1cccc(F)c1OC1CCC(C)CC1. The Bertz CT molecular complexity index is 427. The fraction of sp³-hybridized carbons (Fsp3) is 0.647. The van der Waals surface area contributed by atoms with Crippen LogP contribution in [-0.4, -0.2) is 12.6 Å². The van der Waals surface area contributed by atoms with Crippen LogP contribution in [0.25, 0.3) is 0 Å². The molecule has 1 fully saturated rings. The van der Waals surface area contributed by atoms with Crippen molar-refractivity contribution in [2.75, 3.05) is 6.54 Å². The van der Waals surface area contributed by atoms with Crippen molar-refractivity contribution < 1.29 is 9.13 Å². The summed E-state index contributed by atoms with van der Waals surface area (Å²) in [6.07, 6.45) is 4.58. The minimum absolute atomic E-state index is 0.105. The highest BCUT2D eigenvalue weighted by Crippen LogP contribution is 2.33. The van der Waals surface area contributed by atoms with Crippen molar-refractivity contribution in [1.29, 1.82) is 0 Å². The summed E-state index contributed by atoms with van der Waals surface area (Å²) in [7, 11) is 0. The van der Waals surface area contributed by atoms with Crippen LogP contribution in [0, 0.1) is 11.7 Å². The number of benzene rings is 1. The second kappa shape index (κ2) is 7.07. The van der Waals surface area contributed by atoms with Gasteiger partial charge in [0.1, 0.15) is 0 Å². The quantitative estimate of drug-likeness (QED) is 0.859. The van der Waals surface area contributed by atoms with E-state index in [4.69, 9.17) is 4.74 Å². The molecule has 1 aliphatic rings. The number of ether oxygens (including phenoxy) is 1. The van der Waals surface area contributed by atoms with Gasteiger partial charge in [0.05, 0.1) is 6.10 Å². The Morgan fingerprint density at radius 1 is 1.30 bits per heavy atom. The zero-order valence-electron chi connectivity index (χ0n) is 12.8. The van der Waals surface area contributed by atoms with Crippen molar-refractivity contribution in [3.63, 3.8) is 0 Å². The maximum Gasteiger partial charge on any atom is 0.165 e. The molecular weight excluding hydrogens is 253 g/mol. The molecule has 0 spiro atoms. The molecule has 2 rings (SSSR count). The maximum absolute atomic E-state index is 14.1. The molecule has 3 heteroatoms. The number of rotatable bonds is 5. The van der Waals surface area contributed by atoms with Crippen molar-refractivity contribution in [1.82, 2.24) is 5.32 Å². The van der Waals surface area contributed by atoms with Crippen molar-refractivity contribution in [2.45, 2.75) is 58.6 Å². The van der Waals surface area contributed by atoms with Gasteiger partial charge in [0, 0.05) is 11.6 Å². The van der Waals surface area contributed by atoms with Gasteiger partial charge in [-0.1, -0.05) is 26.0 Å². The molecule has 0 radical (unpaired) electrons. The minimum Gasteiger partial charge on any atom is -0.487 e. The van der Waals surface area contributed by atoms with Crippen molar-refractivity contribution >= 4 is 0 Å². The van der Waals surface area contributed by atoms with Gasteiger partial charge in [-0.3, -0.25) is 0 Å². The Labute approximate surface area is 121 Å². The largest absolute Gasteiger partial charge is 0.487 e. The summed E-state index contributed by atoms with van der Waals surface area (Å²) in [6.45, 7) is 7.24. The van der Waals surface area contributed by atoms with Crippen LogP contribution in [0.15, 0.2) is 18.2 Å². The summed E-state index contributed by atoms with van der Waals surface area (Å²) in [5, 5.41) is 3.33. The molecule has 0 saturated heterocycles. The average Bonchev–Trinajstić information content (AvgIpc) is 2.43. The second-order valence-electron chi connectivity index (χ2n) is 5.94. The van der Waals surface area contributed by atoms with Gasteiger partial charge >= 0.3 is 0 Å². The molecule has 0 heterocycles. The average molecular weight is 279 g/mol. The summed E-state index contributed by atoms with van der Waals surface area (Å²) >= 11 is 0. The monoisotopic (exact) mass is 279 g/mol. The summed E-state index contributed by atoms with van der Waals surface area (Å²) in [6, 6.07) is 5.31. The van der Waals surface area contributed by atoms with E-state index >= 15 is 0 Å². The topological polar surface area (TPSA) is 21.3 Å². The highest BCUT2D eigenvalue weighted by Gasteiger charge is 2.23. The van der Waals surface area contributed by atoms with Gasteiger partial charge in [0.2, 0.25) is 0 Å². The van der Waals surface area contributed by atoms with E-state index in [9.17, 15) is 4.39 Å². The normalized spacial score (nSPS) is 24.4. The summed E-state index contributed by atoms with van der Waals surface area (Å²) < 4.78 is 20.1. The molecule has 20 heavy (non-hydrogen) atoms. The van der Waals surface area contributed by atoms with Crippen LogP contribution in [-0.2, 0) is 0 Å². The summed E-state index contributed by atoms with van der Waals surface area (Å²) in [5.74, 6) is 0.974. The third kappa shape index (κ3) is 3.72. The fourth-order valence-electron chi connectivity index (χ4n) is 2.92. The van der Waals surface area contributed by atoms with E-state index in [1.165, 1.54) is 18.9 Å². The molecule has 0 aromatic heterocycles. The Morgan fingerprint density at radius 2 is 2.00 bits per heavy atom. The molecule has 1 unspecified atom stereocenters. The first-order chi connectivity index (χ1) is 9.61. The second-order valence-corrected chi connectivity index (χ2v) is 5.94. The van der Waals surface area contributed by atoms with Gasteiger partial charge in [-0.2, -0.15) is 0 Å². The van der Waals surface area contributed by atoms with E-state index in [0.717, 1.165) is 30.9 Å². The number of para-hydroxylation sites is 1. The Hall–Kier alpha value is -1.09. The molecule has 1 N–H and O–H groups in total. The van der Waals surface area contributed by atoms with Gasteiger partial charge in [-0.15, -0.1) is 0 Å². The number of hydrogen-bond donors (Lipinski definition) is 1. The third-order valence-electron chi connectivity index (χ3n) is 4.22. The molecule has 2 nitrogen and oxygen atoms in total. The predicted molar refractivity (Wildman–Crippen MR) is 80.5 cm³/mol. The minimum atomic E-state index is -0.245. The molecule has 0 bridgehead atoms. The van der Waals surface area contributed by atoms with Crippen LogP contribution >= 0.6 is 0 Å². The standard InChI is InChI=1S/C17H26FNO/c1-4-19-13(3)15-6-5-7-16(18)17(15)20-14-10-8-12(2)9-11-14/h5-7,12-14,19H,4,8-11H2,1-3H3. The lowest BCUT2D eigenvalue weighted by Gasteiger charge is -2.28. The van der Waals surface area contributed by atoms with Gasteiger partial charge in [0.25, 0.3) is 0 Å². The summed E-state index contributed by atoms with van der Waals surface area (Å²) in [4.78, 5) is 0. The van der Waals surface area contributed by atoms with E-state index in [1.807, 2.05) is 13.0 Å². The lowest BCUT2D eigenvalue weighted by molar-refractivity contribution is 0.128. The van der Waals surface area contributed by atoms with E-state index in [0.29, 0.717) is 5.75 Å². The van der Waals surface area contributed by atoms with Crippen molar-refractivity contribution in [3.8, 4) is 5.75 Å². The molecule has 112 valence electrons. The van der Waals surface area contributed by atoms with Crippen molar-refractivity contribution in [2.24, 2.45) is 5.92 Å². The highest BCUT2D eigenvalue weighted by atomic mass is 19.1. The van der Waals surface area contributed by atoms with Crippen LogP contribution in [0.2, 0.25) is 0 Å². The molecule has 0 aliphatic heterocycles. The zero-order valence-corrected chi connectivity index (χ0v) is 12.8. The first-order valence-electron chi connectivity index (χ1n) is 7.80. The van der Waals surface area contributed by atoms with Crippen molar-refractivity contribution in [3.05, 3.63) is 29.6 Å². The molecule has 1 saturated carbocycles. The van der Waals surface area contributed by atoms with Crippen LogP contribution in [0.4, 0.5) is 4.39 Å². The predicted octanol–water partition coefficient (Wildman–Crippen LogP) is 4.45. The number of hydrogen-bond acceptors (Lipinski definition) is 2. The van der Waals surface area contributed by atoms with Gasteiger partial charge < -0.3 is 10.1 Å². The van der Waals surface area contributed by atoms with Gasteiger partial charge in [0.15, 0.2) is 11.6 Å². The summed E-state index contributed by atoms with van der Waals surface area (Å²) in [5.41, 5.74) is 0.922. The van der Waals surface area contributed by atoms with Crippen LogP contribution in [0.5, 0.6) is 5.75 Å². The number of nitrogens with one attached hydrogen (secondary N) is 1.